The smallest absolute Gasteiger partial charge is 0.127 e. The van der Waals surface area contributed by atoms with Gasteiger partial charge in [-0.3, -0.25) is 0 Å². The van der Waals surface area contributed by atoms with E-state index in [-0.39, 0.29) is 5.41 Å². The molecule has 0 saturated carbocycles. The normalized spacial score (nSPS) is 13.3. The molecule has 3 aromatic carbocycles. The zero-order valence-corrected chi connectivity index (χ0v) is 17.7. The van der Waals surface area contributed by atoms with Gasteiger partial charge in [0.2, 0.25) is 0 Å². The van der Waals surface area contributed by atoms with E-state index >= 15 is 0 Å². The first-order valence-corrected chi connectivity index (χ1v) is 10.4. The predicted molar refractivity (Wildman–Crippen MR) is 120 cm³/mol. The van der Waals surface area contributed by atoms with E-state index in [1.165, 1.54) is 11.1 Å². The maximum absolute atomic E-state index is 6.09. The third-order valence-corrected chi connectivity index (χ3v) is 6.07. The molecular formula is C26H29ClO. The average molecular weight is 393 g/mol. The largest absolute Gasteiger partial charge is 0.457 e. The molecule has 0 aliphatic carbocycles. The Kier molecular flexibility index (Phi) is 6.80. The van der Waals surface area contributed by atoms with Crippen molar-refractivity contribution in [2.24, 2.45) is 5.92 Å². The molecule has 0 spiro atoms. The number of hydrogen-bond donors (Lipinski definition) is 0. The Labute approximate surface area is 174 Å². The van der Waals surface area contributed by atoms with Crippen molar-refractivity contribution in [3.8, 4) is 11.5 Å². The Balaban J connectivity index is 1.64. The zero-order chi connectivity index (χ0) is 20.0. The number of hydrogen-bond acceptors (Lipinski definition) is 1. The molecule has 1 atom stereocenters. The molecule has 0 radical (unpaired) electrons. The minimum atomic E-state index is 0.142. The van der Waals surface area contributed by atoms with Gasteiger partial charge >= 0.3 is 0 Å². The van der Waals surface area contributed by atoms with Crippen LogP contribution in [-0.2, 0) is 11.8 Å². The van der Waals surface area contributed by atoms with Gasteiger partial charge in [-0.25, -0.2) is 0 Å². The molecule has 2 heteroatoms. The SMILES string of the molecule is CC(C)C(C)(CCCc1cccc(Oc2ccccc2)c1)c1ccc(Cl)cc1. The van der Waals surface area contributed by atoms with Crippen molar-refractivity contribution in [1.29, 1.82) is 0 Å². The van der Waals surface area contributed by atoms with Crippen LogP contribution < -0.4 is 4.74 Å². The average Bonchev–Trinajstić information content (AvgIpc) is 2.69. The first-order valence-electron chi connectivity index (χ1n) is 10.1. The molecule has 3 rings (SSSR count). The van der Waals surface area contributed by atoms with Crippen molar-refractivity contribution in [2.75, 3.05) is 0 Å². The van der Waals surface area contributed by atoms with E-state index in [2.05, 4.69) is 51.1 Å². The van der Waals surface area contributed by atoms with Crippen LogP contribution >= 0.6 is 11.6 Å². The Hall–Kier alpha value is -2.25. The van der Waals surface area contributed by atoms with Gasteiger partial charge in [0.25, 0.3) is 0 Å². The summed E-state index contributed by atoms with van der Waals surface area (Å²) in [7, 11) is 0. The van der Waals surface area contributed by atoms with Crippen molar-refractivity contribution < 1.29 is 4.74 Å². The van der Waals surface area contributed by atoms with E-state index in [1.807, 2.05) is 48.5 Å². The second-order valence-electron chi connectivity index (χ2n) is 8.00. The summed E-state index contributed by atoms with van der Waals surface area (Å²) in [5.74, 6) is 2.32. The van der Waals surface area contributed by atoms with Gasteiger partial charge in [0.05, 0.1) is 0 Å². The summed E-state index contributed by atoms with van der Waals surface area (Å²) >= 11 is 6.09. The molecule has 28 heavy (non-hydrogen) atoms. The van der Waals surface area contributed by atoms with Gasteiger partial charge in [0, 0.05) is 5.02 Å². The summed E-state index contributed by atoms with van der Waals surface area (Å²) in [5.41, 5.74) is 2.83. The number of benzene rings is 3. The van der Waals surface area contributed by atoms with E-state index < -0.39 is 0 Å². The first-order chi connectivity index (χ1) is 13.5. The van der Waals surface area contributed by atoms with E-state index in [0.717, 1.165) is 35.8 Å². The lowest BCUT2D eigenvalue weighted by Gasteiger charge is -2.35. The fraction of sp³-hybridized carbons (Fsp3) is 0.308. The van der Waals surface area contributed by atoms with Crippen LogP contribution in [0.1, 0.15) is 44.7 Å². The van der Waals surface area contributed by atoms with E-state index in [9.17, 15) is 0 Å². The number of ether oxygens (including phenoxy) is 1. The fourth-order valence-electron chi connectivity index (χ4n) is 3.65. The van der Waals surface area contributed by atoms with Crippen LogP contribution in [0.3, 0.4) is 0 Å². The molecule has 0 aliphatic heterocycles. The lowest BCUT2D eigenvalue weighted by Crippen LogP contribution is -2.28. The van der Waals surface area contributed by atoms with Gasteiger partial charge in [-0.1, -0.05) is 74.8 Å². The molecule has 0 N–H and O–H groups in total. The van der Waals surface area contributed by atoms with Gasteiger partial charge in [-0.05, 0) is 78.1 Å². The summed E-state index contributed by atoms with van der Waals surface area (Å²) in [5, 5.41) is 0.796. The van der Waals surface area contributed by atoms with Crippen LogP contribution in [0.4, 0.5) is 0 Å². The molecule has 1 nitrogen and oxygen atoms in total. The van der Waals surface area contributed by atoms with Gasteiger partial charge in [-0.15, -0.1) is 0 Å². The van der Waals surface area contributed by atoms with Gasteiger partial charge < -0.3 is 4.74 Å². The number of rotatable bonds is 8. The molecule has 3 aromatic rings. The standard InChI is InChI=1S/C26H29ClO/c1-20(2)26(3,22-14-16-23(27)17-15-22)18-8-10-21-9-7-13-25(19-21)28-24-11-5-4-6-12-24/h4-7,9,11-17,19-20H,8,10,18H2,1-3H3. The maximum Gasteiger partial charge on any atom is 0.127 e. The summed E-state index contributed by atoms with van der Waals surface area (Å²) < 4.78 is 5.97. The number of halogens is 1. The van der Waals surface area contributed by atoms with Crippen molar-refractivity contribution >= 4 is 11.6 Å². The molecule has 0 aliphatic rings. The molecular weight excluding hydrogens is 364 g/mol. The summed E-state index contributed by atoms with van der Waals surface area (Å²) in [6.45, 7) is 6.99. The molecule has 0 bridgehead atoms. The Morgan fingerprint density at radius 1 is 0.857 bits per heavy atom. The minimum Gasteiger partial charge on any atom is -0.457 e. The third kappa shape index (κ3) is 5.17. The lowest BCUT2D eigenvalue weighted by molar-refractivity contribution is 0.306. The van der Waals surface area contributed by atoms with Crippen LogP contribution in [0.2, 0.25) is 5.02 Å². The van der Waals surface area contributed by atoms with Crippen molar-refractivity contribution in [1.82, 2.24) is 0 Å². The number of para-hydroxylation sites is 1. The van der Waals surface area contributed by atoms with Gasteiger partial charge in [0.1, 0.15) is 11.5 Å². The fourth-order valence-corrected chi connectivity index (χ4v) is 3.77. The lowest BCUT2D eigenvalue weighted by atomic mass is 9.70. The second-order valence-corrected chi connectivity index (χ2v) is 8.43. The van der Waals surface area contributed by atoms with Crippen LogP contribution in [0.25, 0.3) is 0 Å². The Morgan fingerprint density at radius 3 is 2.21 bits per heavy atom. The third-order valence-electron chi connectivity index (χ3n) is 5.82. The molecule has 0 saturated heterocycles. The van der Waals surface area contributed by atoms with Crippen LogP contribution in [0, 0.1) is 5.92 Å². The topological polar surface area (TPSA) is 9.23 Å². The van der Waals surface area contributed by atoms with Crippen LogP contribution in [0.5, 0.6) is 11.5 Å². The van der Waals surface area contributed by atoms with E-state index in [4.69, 9.17) is 16.3 Å². The summed E-state index contributed by atoms with van der Waals surface area (Å²) in [4.78, 5) is 0. The predicted octanol–water partition coefficient (Wildman–Crippen LogP) is 8.07. The highest BCUT2D eigenvalue weighted by molar-refractivity contribution is 6.30. The monoisotopic (exact) mass is 392 g/mol. The van der Waals surface area contributed by atoms with Gasteiger partial charge in [0.15, 0.2) is 0 Å². The molecule has 0 fully saturated rings. The molecule has 1 unspecified atom stereocenters. The highest BCUT2D eigenvalue weighted by Gasteiger charge is 2.29. The maximum atomic E-state index is 6.09. The summed E-state index contributed by atoms with van der Waals surface area (Å²) in [6.07, 6.45) is 3.31. The molecule has 146 valence electrons. The summed E-state index contributed by atoms with van der Waals surface area (Å²) in [6, 6.07) is 26.7. The second kappa shape index (κ2) is 9.30. The first kappa shape index (κ1) is 20.5. The van der Waals surface area contributed by atoms with Gasteiger partial charge in [-0.2, -0.15) is 0 Å². The highest BCUT2D eigenvalue weighted by atomic mass is 35.5. The zero-order valence-electron chi connectivity index (χ0n) is 17.0. The van der Waals surface area contributed by atoms with Crippen molar-refractivity contribution in [2.45, 2.75) is 45.4 Å². The number of aryl methyl sites for hydroxylation is 1. The molecule has 0 amide bonds. The van der Waals surface area contributed by atoms with E-state index in [1.54, 1.807) is 0 Å². The Bertz CT molecular complexity index is 870. The van der Waals surface area contributed by atoms with Crippen molar-refractivity contribution in [3.05, 3.63) is 95.0 Å². The quantitative estimate of drug-likeness (QED) is 0.376. The van der Waals surface area contributed by atoms with Crippen molar-refractivity contribution in [3.63, 3.8) is 0 Å². The van der Waals surface area contributed by atoms with Crippen LogP contribution in [0.15, 0.2) is 78.9 Å². The van der Waals surface area contributed by atoms with E-state index in [0.29, 0.717) is 5.92 Å². The minimum absolute atomic E-state index is 0.142. The molecule has 0 heterocycles. The Morgan fingerprint density at radius 2 is 1.54 bits per heavy atom. The molecule has 0 aromatic heterocycles. The van der Waals surface area contributed by atoms with Crippen LogP contribution in [-0.4, -0.2) is 0 Å². The highest BCUT2D eigenvalue weighted by Crippen LogP contribution is 2.37.